The molecule has 0 radical (unpaired) electrons. The van der Waals surface area contributed by atoms with Gasteiger partial charge in [0.05, 0.1) is 26.9 Å². The van der Waals surface area contributed by atoms with Crippen LogP contribution in [0.15, 0.2) is 45.6 Å². The van der Waals surface area contributed by atoms with Crippen molar-refractivity contribution in [2.75, 3.05) is 20.8 Å². The van der Waals surface area contributed by atoms with Crippen LogP contribution in [0.25, 0.3) is 22.3 Å². The number of rotatable bonds is 10. The molecule has 2 aliphatic rings. The van der Waals surface area contributed by atoms with E-state index in [2.05, 4.69) is 0 Å². The maximum Gasteiger partial charge on any atom is 0.239 e. The van der Waals surface area contributed by atoms with Crippen molar-refractivity contribution in [3.05, 3.63) is 57.7 Å². The lowest BCUT2D eigenvalue weighted by Crippen LogP contribution is -2.61. The number of hydrogen-bond donors (Lipinski definition) is 11. The van der Waals surface area contributed by atoms with E-state index in [1.165, 1.54) is 39.3 Å². The molecule has 2 saturated heterocycles. The van der Waals surface area contributed by atoms with Gasteiger partial charge in [-0.1, -0.05) is 0 Å². The van der Waals surface area contributed by atoms with Crippen LogP contribution in [0.5, 0.6) is 46.0 Å². The number of aliphatic hydroxyl groups is 6. The van der Waals surface area contributed by atoms with E-state index in [4.69, 9.17) is 32.8 Å². The van der Waals surface area contributed by atoms with Gasteiger partial charge >= 0.3 is 0 Å². The average molecular weight is 777 g/mol. The molecule has 0 spiro atoms. The minimum atomic E-state index is -2.04. The summed E-state index contributed by atoms with van der Waals surface area (Å²) in [6, 6.07) is 7.02. The molecule has 298 valence electrons. The second-order valence-corrected chi connectivity index (χ2v) is 13.1. The van der Waals surface area contributed by atoms with Gasteiger partial charge in [-0.15, -0.1) is 0 Å². The average Bonchev–Trinajstić information content (AvgIpc) is 3.15. The van der Waals surface area contributed by atoms with Crippen molar-refractivity contribution in [1.82, 2.24) is 0 Å². The van der Waals surface area contributed by atoms with Gasteiger partial charge in [0, 0.05) is 23.6 Å². The number of ether oxygens (including phenoxy) is 6. The standard InChI is InChI=1S/C36H40O19/c1-12-24(41)28(45)30(47)35(52-12)51-11-22-26(43)29(46)31(48)36(53-22)55-34-27(44)23-19(40)10-17(38)15(6-13-7-20(49-2)25(42)21(8-13)50-3)33(23)54-32(34)14-4-5-16(37)18(39)9-14/h4-5,7-10,12,22,24,26,28-31,35-43,45-48H,6,11H2,1-3H3/t12-,22+,24-,26+,28+,29-,30+,31+,35+,36-/m0/s1. The van der Waals surface area contributed by atoms with Crippen molar-refractivity contribution in [3.8, 4) is 57.3 Å². The van der Waals surface area contributed by atoms with Gasteiger partial charge < -0.3 is 89.0 Å². The molecule has 2 aliphatic heterocycles. The molecule has 0 unspecified atom stereocenters. The minimum absolute atomic E-state index is 0.0183. The van der Waals surface area contributed by atoms with Crippen molar-refractivity contribution in [2.24, 2.45) is 0 Å². The molecule has 0 amide bonds. The summed E-state index contributed by atoms with van der Waals surface area (Å²) in [4.78, 5) is 14.3. The maximum atomic E-state index is 14.3. The Morgan fingerprint density at radius 3 is 1.96 bits per heavy atom. The van der Waals surface area contributed by atoms with E-state index in [1.54, 1.807) is 0 Å². The molecule has 0 saturated carbocycles. The Kier molecular flexibility index (Phi) is 11.2. The topological polar surface area (TPSA) is 308 Å². The molecule has 19 nitrogen and oxygen atoms in total. The van der Waals surface area contributed by atoms with Gasteiger partial charge in [0.15, 0.2) is 35.0 Å². The van der Waals surface area contributed by atoms with Crippen LogP contribution in [-0.2, 0) is 20.6 Å². The van der Waals surface area contributed by atoms with E-state index in [0.29, 0.717) is 5.56 Å². The van der Waals surface area contributed by atoms with E-state index in [0.717, 1.165) is 18.2 Å². The fourth-order valence-electron chi connectivity index (χ4n) is 6.36. The molecule has 3 heterocycles. The summed E-state index contributed by atoms with van der Waals surface area (Å²) in [5, 5.41) is 115. The quantitative estimate of drug-likeness (QED) is 0.0915. The first-order valence-electron chi connectivity index (χ1n) is 16.7. The number of aromatic hydroxyl groups is 5. The van der Waals surface area contributed by atoms with Crippen LogP contribution in [0.3, 0.4) is 0 Å². The van der Waals surface area contributed by atoms with Crippen LogP contribution >= 0.6 is 0 Å². The third kappa shape index (κ3) is 7.36. The highest BCUT2D eigenvalue weighted by molar-refractivity contribution is 5.91. The Hall–Kier alpha value is -5.09. The summed E-state index contributed by atoms with van der Waals surface area (Å²) >= 11 is 0. The number of fused-ring (bicyclic) bond motifs is 1. The number of phenols is 5. The molecule has 1 aromatic heterocycles. The Balaban J connectivity index is 1.42. The number of aliphatic hydroxyl groups excluding tert-OH is 6. The Morgan fingerprint density at radius 1 is 0.691 bits per heavy atom. The monoisotopic (exact) mass is 776 g/mol. The van der Waals surface area contributed by atoms with Crippen LogP contribution < -0.4 is 19.6 Å². The van der Waals surface area contributed by atoms with E-state index in [9.17, 15) is 61.0 Å². The van der Waals surface area contributed by atoms with Crippen molar-refractivity contribution < 1.29 is 89.0 Å². The molecule has 4 aromatic rings. The number of methoxy groups -OCH3 is 2. The highest BCUT2D eigenvalue weighted by Crippen LogP contribution is 2.43. The summed E-state index contributed by atoms with van der Waals surface area (Å²) in [6.07, 6.45) is -16.9. The van der Waals surface area contributed by atoms with Crippen LogP contribution in [0.1, 0.15) is 18.1 Å². The lowest BCUT2D eigenvalue weighted by atomic mass is 9.98. The predicted octanol–water partition coefficient (Wildman–Crippen LogP) is -0.373. The first kappa shape index (κ1) is 39.6. The summed E-state index contributed by atoms with van der Waals surface area (Å²) in [5.41, 5.74) is -1.25. The largest absolute Gasteiger partial charge is 0.507 e. The molecule has 2 fully saturated rings. The normalized spacial score (nSPS) is 28.2. The second kappa shape index (κ2) is 15.6. The summed E-state index contributed by atoms with van der Waals surface area (Å²) in [7, 11) is 2.61. The van der Waals surface area contributed by atoms with Gasteiger partial charge in [0.2, 0.25) is 23.2 Å². The molecular formula is C36H40O19. The first-order chi connectivity index (χ1) is 26.1. The maximum absolute atomic E-state index is 14.3. The van der Waals surface area contributed by atoms with Crippen molar-refractivity contribution >= 4 is 11.0 Å². The third-order valence-electron chi connectivity index (χ3n) is 9.48. The summed E-state index contributed by atoms with van der Waals surface area (Å²) in [5.74, 6) is -4.01. The summed E-state index contributed by atoms with van der Waals surface area (Å²) in [6.45, 7) is 0.764. The minimum Gasteiger partial charge on any atom is -0.507 e. The van der Waals surface area contributed by atoms with Crippen molar-refractivity contribution in [1.29, 1.82) is 0 Å². The SMILES string of the molecule is COc1cc(Cc2c(O)cc(O)c3c(=O)c(O[C@@H]4O[C@H](CO[C@@H]5O[C@@H](C)[C@H](O)[C@@H](O)[C@H]5O)[C@@H](O)[C@H](O)[C@H]4O)c(-c4ccc(O)c(O)c4)oc23)cc(OC)c1O. The Morgan fingerprint density at radius 2 is 1.33 bits per heavy atom. The first-order valence-corrected chi connectivity index (χ1v) is 16.7. The zero-order valence-electron chi connectivity index (χ0n) is 29.3. The van der Waals surface area contributed by atoms with Gasteiger partial charge in [-0.3, -0.25) is 4.79 Å². The number of benzene rings is 3. The third-order valence-corrected chi connectivity index (χ3v) is 9.48. The van der Waals surface area contributed by atoms with Gasteiger partial charge in [-0.2, -0.15) is 0 Å². The van der Waals surface area contributed by atoms with E-state index in [1.807, 2.05) is 0 Å². The van der Waals surface area contributed by atoms with Crippen LogP contribution in [0.2, 0.25) is 0 Å². The van der Waals surface area contributed by atoms with Gasteiger partial charge in [0.25, 0.3) is 0 Å². The van der Waals surface area contributed by atoms with Gasteiger partial charge in [-0.25, -0.2) is 0 Å². The predicted molar refractivity (Wildman–Crippen MR) is 184 cm³/mol. The molecule has 3 aromatic carbocycles. The highest BCUT2D eigenvalue weighted by atomic mass is 16.7. The Bertz CT molecular complexity index is 2080. The van der Waals surface area contributed by atoms with E-state index >= 15 is 0 Å². The van der Waals surface area contributed by atoms with Crippen molar-refractivity contribution in [3.63, 3.8) is 0 Å². The molecule has 6 rings (SSSR count). The molecule has 0 bridgehead atoms. The van der Waals surface area contributed by atoms with Crippen molar-refractivity contribution in [2.45, 2.75) is 74.8 Å². The summed E-state index contributed by atoms with van der Waals surface area (Å²) < 4.78 is 39.1. The van der Waals surface area contributed by atoms with Crippen LogP contribution in [0, 0.1) is 0 Å². The molecule has 10 atom stereocenters. The fourth-order valence-corrected chi connectivity index (χ4v) is 6.36. The van der Waals surface area contributed by atoms with E-state index in [-0.39, 0.29) is 40.4 Å². The van der Waals surface area contributed by atoms with E-state index < -0.39 is 113 Å². The lowest BCUT2D eigenvalue weighted by Gasteiger charge is -2.42. The molecule has 0 aliphatic carbocycles. The van der Waals surface area contributed by atoms with Gasteiger partial charge in [0.1, 0.15) is 65.2 Å². The molecule has 55 heavy (non-hydrogen) atoms. The lowest BCUT2D eigenvalue weighted by molar-refractivity contribution is -0.318. The highest BCUT2D eigenvalue weighted by Gasteiger charge is 2.48. The molecule has 11 N–H and O–H groups in total. The van der Waals surface area contributed by atoms with Crippen LogP contribution in [0.4, 0.5) is 0 Å². The Labute approximate surface area is 310 Å². The molecular weight excluding hydrogens is 736 g/mol. The number of phenolic OH excluding ortho intramolecular Hbond substituents is 5. The fraction of sp³-hybridized carbons (Fsp3) is 0.417. The second-order valence-electron chi connectivity index (χ2n) is 13.1. The zero-order valence-corrected chi connectivity index (χ0v) is 29.3. The zero-order chi connectivity index (χ0) is 40.0. The van der Waals surface area contributed by atoms with Gasteiger partial charge in [-0.05, 0) is 42.8 Å². The van der Waals surface area contributed by atoms with Crippen LogP contribution in [-0.4, -0.2) is 138 Å². The molecule has 19 heteroatoms. The smallest absolute Gasteiger partial charge is 0.239 e. The number of hydrogen-bond acceptors (Lipinski definition) is 19.